The zero-order valence-electron chi connectivity index (χ0n) is 13.0. The van der Waals surface area contributed by atoms with Gasteiger partial charge in [0.05, 0.1) is 6.07 Å². The topological polar surface area (TPSA) is 39.1 Å². The van der Waals surface area contributed by atoms with Gasteiger partial charge in [-0.15, -0.1) is 0 Å². The van der Waals surface area contributed by atoms with Gasteiger partial charge in [-0.25, -0.2) is 4.99 Å². The highest BCUT2D eigenvalue weighted by atomic mass is 16.3. The van der Waals surface area contributed by atoms with E-state index in [-0.39, 0.29) is 0 Å². The molecule has 1 aromatic carbocycles. The molecule has 0 bridgehead atoms. The summed E-state index contributed by atoms with van der Waals surface area (Å²) in [5, 5.41) is 5.46. The van der Waals surface area contributed by atoms with Crippen molar-refractivity contribution in [2.75, 3.05) is 18.9 Å². The SMILES string of the molecule is CC[NH+]=c1cc2oc3cc(NC)ccc3c(C)c-2cc1C. The van der Waals surface area contributed by atoms with E-state index >= 15 is 0 Å². The maximum Gasteiger partial charge on any atom is 0.204 e. The molecule has 0 saturated heterocycles. The quantitative estimate of drug-likeness (QED) is 0.707. The van der Waals surface area contributed by atoms with Crippen LogP contribution in [0.1, 0.15) is 18.1 Å². The minimum absolute atomic E-state index is 0.906. The van der Waals surface area contributed by atoms with E-state index in [1.165, 1.54) is 16.7 Å². The largest absolute Gasteiger partial charge is 0.456 e. The van der Waals surface area contributed by atoms with E-state index in [2.05, 4.69) is 61.4 Å². The van der Waals surface area contributed by atoms with Crippen molar-refractivity contribution in [1.29, 1.82) is 0 Å². The monoisotopic (exact) mass is 281 g/mol. The number of hydrogen-bond acceptors (Lipinski definition) is 2. The smallest absolute Gasteiger partial charge is 0.204 e. The summed E-state index contributed by atoms with van der Waals surface area (Å²) in [6.07, 6.45) is 0. The Kier molecular flexibility index (Phi) is 3.42. The molecule has 108 valence electrons. The summed E-state index contributed by atoms with van der Waals surface area (Å²) >= 11 is 0. The van der Waals surface area contributed by atoms with Gasteiger partial charge in [0.15, 0.2) is 0 Å². The van der Waals surface area contributed by atoms with Crippen LogP contribution in [0.4, 0.5) is 5.69 Å². The van der Waals surface area contributed by atoms with Crippen molar-refractivity contribution in [2.45, 2.75) is 20.8 Å². The fraction of sp³-hybridized carbons (Fsp3) is 0.278. The highest BCUT2D eigenvalue weighted by Gasteiger charge is 2.15. The second kappa shape index (κ2) is 5.24. The van der Waals surface area contributed by atoms with Crippen molar-refractivity contribution >= 4 is 16.7 Å². The third-order valence-electron chi connectivity index (χ3n) is 3.99. The minimum Gasteiger partial charge on any atom is -0.456 e. The van der Waals surface area contributed by atoms with Crippen molar-refractivity contribution in [3.8, 4) is 11.3 Å². The van der Waals surface area contributed by atoms with E-state index in [1.807, 2.05) is 7.05 Å². The Morgan fingerprint density at radius 2 is 1.95 bits per heavy atom. The molecule has 0 radical (unpaired) electrons. The van der Waals surface area contributed by atoms with Crippen molar-refractivity contribution in [1.82, 2.24) is 0 Å². The van der Waals surface area contributed by atoms with Crippen LogP contribution in [0.5, 0.6) is 0 Å². The number of nitrogens with one attached hydrogen (secondary N) is 2. The number of anilines is 1. The predicted octanol–water partition coefficient (Wildman–Crippen LogP) is 2.20. The molecule has 3 heteroatoms. The van der Waals surface area contributed by atoms with Gasteiger partial charge >= 0.3 is 0 Å². The van der Waals surface area contributed by atoms with Crippen LogP contribution in [0.3, 0.4) is 0 Å². The van der Waals surface area contributed by atoms with E-state index in [9.17, 15) is 0 Å². The molecule has 21 heavy (non-hydrogen) atoms. The van der Waals surface area contributed by atoms with Gasteiger partial charge in [0.2, 0.25) is 5.36 Å². The molecule has 0 spiro atoms. The molecule has 3 rings (SSSR count). The summed E-state index contributed by atoms with van der Waals surface area (Å²) in [7, 11) is 1.92. The average Bonchev–Trinajstić information content (AvgIpc) is 2.49. The normalized spacial score (nSPS) is 12.3. The molecule has 0 saturated carbocycles. The van der Waals surface area contributed by atoms with Gasteiger partial charge in [-0.2, -0.15) is 0 Å². The lowest BCUT2D eigenvalue weighted by molar-refractivity contribution is -0.496. The summed E-state index contributed by atoms with van der Waals surface area (Å²) < 4.78 is 6.13. The molecule has 0 unspecified atom stereocenters. The van der Waals surface area contributed by atoms with E-state index in [0.717, 1.165) is 34.3 Å². The molecule has 3 nitrogen and oxygen atoms in total. The maximum absolute atomic E-state index is 6.13. The van der Waals surface area contributed by atoms with E-state index in [1.54, 1.807) is 0 Å². The van der Waals surface area contributed by atoms with Crippen LogP contribution in [0, 0.1) is 13.8 Å². The van der Waals surface area contributed by atoms with Crippen LogP contribution in [-0.4, -0.2) is 13.6 Å². The Morgan fingerprint density at radius 1 is 1.14 bits per heavy atom. The minimum atomic E-state index is 0.906. The zero-order valence-corrected chi connectivity index (χ0v) is 13.0. The van der Waals surface area contributed by atoms with Crippen LogP contribution < -0.4 is 15.7 Å². The summed E-state index contributed by atoms with van der Waals surface area (Å²) in [5.74, 6) is 0.926. The van der Waals surface area contributed by atoms with Gasteiger partial charge in [-0.05, 0) is 44.5 Å². The first kappa shape index (κ1) is 13.7. The van der Waals surface area contributed by atoms with Crippen LogP contribution in [0.15, 0.2) is 34.7 Å². The second-order valence-corrected chi connectivity index (χ2v) is 5.38. The van der Waals surface area contributed by atoms with Gasteiger partial charge in [0.25, 0.3) is 0 Å². The average molecular weight is 281 g/mol. The highest BCUT2D eigenvalue weighted by molar-refractivity contribution is 5.89. The number of fused-ring (bicyclic) bond motifs is 2. The molecule has 2 aliphatic rings. The molecule has 0 aromatic heterocycles. The van der Waals surface area contributed by atoms with Gasteiger partial charge in [0.1, 0.15) is 17.9 Å². The first-order valence-corrected chi connectivity index (χ1v) is 7.36. The molecule has 0 fully saturated rings. The summed E-state index contributed by atoms with van der Waals surface area (Å²) in [5.41, 5.74) is 5.66. The fourth-order valence-corrected chi connectivity index (χ4v) is 2.78. The van der Waals surface area contributed by atoms with Crippen molar-refractivity contribution in [3.05, 3.63) is 46.8 Å². The Morgan fingerprint density at radius 3 is 2.67 bits per heavy atom. The van der Waals surface area contributed by atoms with E-state index < -0.39 is 0 Å². The lowest BCUT2D eigenvalue weighted by Gasteiger charge is -2.13. The molecule has 2 N–H and O–H groups in total. The molecule has 1 aliphatic heterocycles. The van der Waals surface area contributed by atoms with Crippen LogP contribution in [0.25, 0.3) is 22.3 Å². The Labute approximate surface area is 124 Å². The lowest BCUT2D eigenvalue weighted by atomic mass is 9.98. The van der Waals surface area contributed by atoms with Crippen molar-refractivity contribution in [3.63, 3.8) is 0 Å². The molecule has 1 aliphatic carbocycles. The molecule has 0 amide bonds. The number of rotatable bonds is 2. The molecule has 0 atom stereocenters. The summed E-state index contributed by atoms with van der Waals surface area (Å²) in [6, 6.07) is 10.6. The van der Waals surface area contributed by atoms with Gasteiger partial charge in [-0.3, -0.25) is 0 Å². The maximum atomic E-state index is 6.13. The first-order chi connectivity index (χ1) is 10.1. The van der Waals surface area contributed by atoms with Crippen molar-refractivity contribution < 1.29 is 9.41 Å². The molecule has 1 aromatic rings. The van der Waals surface area contributed by atoms with Crippen molar-refractivity contribution in [2.24, 2.45) is 0 Å². The highest BCUT2D eigenvalue weighted by Crippen LogP contribution is 2.33. The summed E-state index contributed by atoms with van der Waals surface area (Å²) in [6.45, 7) is 7.30. The van der Waals surface area contributed by atoms with Crippen LogP contribution >= 0.6 is 0 Å². The van der Waals surface area contributed by atoms with Gasteiger partial charge in [-0.1, -0.05) is 0 Å². The van der Waals surface area contributed by atoms with Crippen LogP contribution in [0.2, 0.25) is 0 Å². The second-order valence-electron chi connectivity index (χ2n) is 5.38. The fourth-order valence-electron chi connectivity index (χ4n) is 2.78. The zero-order chi connectivity index (χ0) is 15.0. The first-order valence-electron chi connectivity index (χ1n) is 7.36. The summed E-state index contributed by atoms with van der Waals surface area (Å²) in [4.78, 5) is 3.39. The number of hydrogen-bond donors (Lipinski definition) is 2. The standard InChI is InChI=1S/C18H20N2O/c1-5-20-16-10-18-15(8-11(16)2)12(3)14-7-6-13(19-4)9-17(14)21-18/h6-10,19H,5H2,1-4H3/p+1. The third-order valence-corrected chi connectivity index (χ3v) is 3.99. The Balaban J connectivity index is 2.40. The Hall–Kier alpha value is -2.29. The van der Waals surface area contributed by atoms with E-state index in [4.69, 9.17) is 4.42 Å². The van der Waals surface area contributed by atoms with Crippen LogP contribution in [-0.2, 0) is 0 Å². The third kappa shape index (κ3) is 2.29. The lowest BCUT2D eigenvalue weighted by Crippen LogP contribution is -2.76. The predicted molar refractivity (Wildman–Crippen MR) is 86.5 cm³/mol. The molecular formula is C18H21N2O+. The number of benzene rings is 2. The molecule has 1 heterocycles. The Bertz CT molecular complexity index is 846. The van der Waals surface area contributed by atoms with E-state index in [0.29, 0.717) is 0 Å². The van der Waals surface area contributed by atoms with Gasteiger partial charge < -0.3 is 9.73 Å². The number of aryl methyl sites for hydroxylation is 2. The van der Waals surface area contributed by atoms with Gasteiger partial charge in [0, 0.05) is 35.3 Å². The molecular weight excluding hydrogens is 260 g/mol.